The van der Waals surface area contributed by atoms with Gasteiger partial charge >= 0.3 is 0 Å². The van der Waals surface area contributed by atoms with E-state index in [1.807, 2.05) is 18.2 Å². The Kier molecular flexibility index (Phi) is 4.99. The monoisotopic (exact) mass is 108 g/mol. The van der Waals surface area contributed by atoms with Crippen LogP contribution in [0.3, 0.4) is 0 Å². The van der Waals surface area contributed by atoms with Crippen LogP contribution in [0.15, 0.2) is 24.5 Å². The van der Waals surface area contributed by atoms with Gasteiger partial charge in [-0.1, -0.05) is 6.08 Å². The van der Waals surface area contributed by atoms with Crippen molar-refractivity contribution < 1.29 is 4.74 Å². The Bertz CT molecular complexity index is 96.8. The topological polar surface area (TPSA) is 9.23 Å². The smallest absolute Gasteiger partial charge is 0.106 e. The zero-order valence-electron chi connectivity index (χ0n) is 4.58. The number of hydrogen-bond acceptors (Lipinski definition) is 1. The first kappa shape index (κ1) is 6.84. The molecule has 1 rings (SSSR count). The molecular weight excluding hydrogens is 100 g/mol. The van der Waals surface area contributed by atoms with Gasteiger partial charge in [0.25, 0.3) is 0 Å². The Morgan fingerprint density at radius 2 is 2.00 bits per heavy atom. The van der Waals surface area contributed by atoms with E-state index in [0.717, 1.165) is 6.61 Å². The third-order valence-corrected chi connectivity index (χ3v) is 0.614. The van der Waals surface area contributed by atoms with E-state index in [-0.39, 0.29) is 0 Å². The fourth-order valence-corrected chi connectivity index (χ4v) is 0.346. The molecule has 0 saturated carbocycles. The lowest BCUT2D eigenvalue weighted by Gasteiger charge is -1.94. The second-order valence-corrected chi connectivity index (χ2v) is 1.09. The van der Waals surface area contributed by atoms with Gasteiger partial charge in [0, 0.05) is 0 Å². The van der Waals surface area contributed by atoms with Crippen LogP contribution < -0.4 is 0 Å². The Morgan fingerprint density at radius 1 is 1.25 bits per heavy atom. The molecular formula is C7H8O. The first-order valence-electron chi connectivity index (χ1n) is 2.27. The summed E-state index contributed by atoms with van der Waals surface area (Å²) in [5.74, 6) is 0. The molecule has 0 aromatic rings. The largest absolute Gasteiger partial charge is 0.497 e. The first-order chi connectivity index (χ1) is 4.00. The highest BCUT2D eigenvalue weighted by Gasteiger charge is 1.75. The Hall–Kier alpha value is -1.16. The van der Waals surface area contributed by atoms with Crippen LogP contribution in [-0.4, -0.2) is 6.61 Å². The van der Waals surface area contributed by atoms with E-state index < -0.39 is 0 Å². The molecule has 0 aliphatic carbocycles. The lowest BCUT2D eigenvalue weighted by Crippen LogP contribution is -1.82. The van der Waals surface area contributed by atoms with E-state index in [1.54, 1.807) is 6.26 Å². The van der Waals surface area contributed by atoms with Crippen molar-refractivity contribution in [3.05, 3.63) is 24.5 Å². The second-order valence-electron chi connectivity index (χ2n) is 1.09. The maximum absolute atomic E-state index is 4.80. The molecule has 0 amide bonds. The van der Waals surface area contributed by atoms with Gasteiger partial charge in [0.2, 0.25) is 0 Å². The normalized spacial score (nSPS) is 13.2. The van der Waals surface area contributed by atoms with Gasteiger partial charge in [-0.3, -0.25) is 0 Å². The van der Waals surface area contributed by atoms with Gasteiger partial charge in [0.1, 0.15) is 6.61 Å². The minimum Gasteiger partial charge on any atom is -0.497 e. The molecule has 0 aromatic heterocycles. The SMILES string of the molecule is C#C.C1=CCOC=C1. The van der Waals surface area contributed by atoms with Gasteiger partial charge in [0.05, 0.1) is 6.26 Å². The van der Waals surface area contributed by atoms with Crippen molar-refractivity contribution in [3.63, 3.8) is 0 Å². The Labute approximate surface area is 49.7 Å². The summed E-state index contributed by atoms with van der Waals surface area (Å²) in [5.41, 5.74) is 0. The molecule has 0 unspecified atom stereocenters. The summed E-state index contributed by atoms with van der Waals surface area (Å²) in [4.78, 5) is 0. The lowest BCUT2D eigenvalue weighted by atomic mass is 10.5. The van der Waals surface area contributed by atoms with Crippen molar-refractivity contribution in [3.8, 4) is 12.8 Å². The molecule has 42 valence electrons. The fourth-order valence-electron chi connectivity index (χ4n) is 0.346. The molecule has 0 fully saturated rings. The molecule has 1 aliphatic rings. The predicted octanol–water partition coefficient (Wildman–Crippen LogP) is 1.34. The highest BCUT2D eigenvalue weighted by molar-refractivity contribution is 5.02. The van der Waals surface area contributed by atoms with E-state index >= 15 is 0 Å². The average molecular weight is 108 g/mol. The summed E-state index contributed by atoms with van der Waals surface area (Å²) in [6, 6.07) is 0. The molecule has 1 heteroatoms. The summed E-state index contributed by atoms with van der Waals surface area (Å²) in [7, 11) is 0. The summed E-state index contributed by atoms with van der Waals surface area (Å²) in [6.07, 6.45) is 15.5. The van der Waals surface area contributed by atoms with Gasteiger partial charge in [-0.15, -0.1) is 12.8 Å². The zero-order valence-corrected chi connectivity index (χ0v) is 4.58. The van der Waals surface area contributed by atoms with E-state index in [4.69, 9.17) is 4.74 Å². The van der Waals surface area contributed by atoms with Crippen molar-refractivity contribution in [2.75, 3.05) is 6.61 Å². The van der Waals surface area contributed by atoms with Crippen LogP contribution >= 0.6 is 0 Å². The molecule has 1 aliphatic heterocycles. The van der Waals surface area contributed by atoms with Crippen molar-refractivity contribution in [2.45, 2.75) is 0 Å². The highest BCUT2D eigenvalue weighted by Crippen LogP contribution is 1.87. The number of allylic oxidation sites excluding steroid dienone is 2. The molecule has 0 aromatic carbocycles. The van der Waals surface area contributed by atoms with Crippen molar-refractivity contribution in [1.29, 1.82) is 0 Å². The van der Waals surface area contributed by atoms with Crippen LogP contribution in [0.2, 0.25) is 0 Å². The minimum atomic E-state index is 0.733. The van der Waals surface area contributed by atoms with Crippen LogP contribution in [0.5, 0.6) is 0 Å². The van der Waals surface area contributed by atoms with Gasteiger partial charge in [-0.25, -0.2) is 0 Å². The summed E-state index contributed by atoms with van der Waals surface area (Å²) >= 11 is 0. The summed E-state index contributed by atoms with van der Waals surface area (Å²) < 4.78 is 4.80. The maximum atomic E-state index is 4.80. The molecule has 0 spiro atoms. The van der Waals surface area contributed by atoms with Crippen LogP contribution in [0.1, 0.15) is 0 Å². The first-order valence-corrected chi connectivity index (χ1v) is 2.27. The van der Waals surface area contributed by atoms with Crippen LogP contribution in [0.4, 0.5) is 0 Å². The van der Waals surface area contributed by atoms with E-state index in [0.29, 0.717) is 0 Å². The number of terminal acetylenes is 1. The van der Waals surface area contributed by atoms with Gasteiger partial charge in [-0.05, 0) is 12.2 Å². The van der Waals surface area contributed by atoms with E-state index in [9.17, 15) is 0 Å². The molecule has 1 nitrogen and oxygen atoms in total. The number of rotatable bonds is 0. The minimum absolute atomic E-state index is 0.733. The van der Waals surface area contributed by atoms with Crippen molar-refractivity contribution in [2.24, 2.45) is 0 Å². The highest BCUT2D eigenvalue weighted by atomic mass is 16.5. The van der Waals surface area contributed by atoms with Gasteiger partial charge in [0.15, 0.2) is 0 Å². The molecule has 0 N–H and O–H groups in total. The van der Waals surface area contributed by atoms with Gasteiger partial charge in [-0.2, -0.15) is 0 Å². The van der Waals surface area contributed by atoms with Crippen LogP contribution in [-0.2, 0) is 4.74 Å². The number of hydrogen-bond donors (Lipinski definition) is 0. The summed E-state index contributed by atoms with van der Waals surface area (Å²) in [5, 5.41) is 0. The van der Waals surface area contributed by atoms with Crippen molar-refractivity contribution >= 4 is 0 Å². The third kappa shape index (κ3) is 3.05. The lowest BCUT2D eigenvalue weighted by molar-refractivity contribution is 0.286. The van der Waals surface area contributed by atoms with Crippen LogP contribution in [0, 0.1) is 12.8 Å². The number of ether oxygens (including phenoxy) is 1. The molecule has 8 heavy (non-hydrogen) atoms. The summed E-state index contributed by atoms with van der Waals surface area (Å²) in [6.45, 7) is 0.733. The predicted molar refractivity (Wildman–Crippen MR) is 34.1 cm³/mol. The average Bonchev–Trinajstić information content (AvgIpc) is 1.96. The quantitative estimate of drug-likeness (QED) is 0.425. The molecule has 0 bridgehead atoms. The van der Waals surface area contributed by atoms with Gasteiger partial charge < -0.3 is 4.74 Å². The third-order valence-electron chi connectivity index (χ3n) is 0.614. The van der Waals surface area contributed by atoms with Crippen molar-refractivity contribution in [1.82, 2.24) is 0 Å². The molecule has 0 atom stereocenters. The van der Waals surface area contributed by atoms with Crippen LogP contribution in [0.25, 0.3) is 0 Å². The Balaban J connectivity index is 0.000000222. The van der Waals surface area contributed by atoms with E-state index in [1.165, 1.54) is 0 Å². The standard InChI is InChI=1S/C5H6O.C2H2/c1-2-4-6-5-3-1;1-2/h1-4H,5H2;1-2H. The molecule has 0 saturated heterocycles. The molecule has 0 radical (unpaired) electrons. The van der Waals surface area contributed by atoms with E-state index in [2.05, 4.69) is 12.8 Å². The maximum Gasteiger partial charge on any atom is 0.106 e. The Morgan fingerprint density at radius 3 is 2.12 bits per heavy atom. The zero-order chi connectivity index (χ0) is 6.24. The second kappa shape index (κ2) is 5.84. The fraction of sp³-hybridized carbons (Fsp3) is 0.143. The molecule has 1 heterocycles.